The van der Waals surface area contributed by atoms with Crippen LogP contribution in [0.25, 0.3) is 0 Å². The van der Waals surface area contributed by atoms with E-state index in [-0.39, 0.29) is 24.5 Å². The van der Waals surface area contributed by atoms with E-state index in [9.17, 15) is 24.0 Å². The minimum absolute atomic E-state index is 0.0735. The average molecular weight is 487 g/mol. The monoisotopic (exact) mass is 486 g/mol. The van der Waals surface area contributed by atoms with Gasteiger partial charge in [0.25, 0.3) is 0 Å². The van der Waals surface area contributed by atoms with Crippen molar-refractivity contribution in [1.29, 1.82) is 0 Å². The lowest BCUT2D eigenvalue weighted by molar-refractivity contribution is -0.143. The normalized spacial score (nSPS) is 14.6. The maximum Gasteiger partial charge on any atom is 0.327 e. The number of carboxylic acid groups (broad SMARTS) is 2. The number of nitrogens with two attached hydrogens (primary N) is 1. The second-order valence-corrected chi connectivity index (χ2v) is 8.18. The molecule has 0 aliphatic rings. The van der Waals surface area contributed by atoms with E-state index in [0.29, 0.717) is 5.69 Å². The molecule has 13 nitrogen and oxygen atoms in total. The first kappa shape index (κ1) is 27.9. The molecule has 8 N–H and O–H groups in total. The van der Waals surface area contributed by atoms with E-state index in [1.165, 1.54) is 12.5 Å². The van der Waals surface area contributed by atoms with Crippen LogP contribution in [0.15, 0.2) is 12.5 Å². The number of carbonyl (C=O) groups is 5. The predicted octanol–water partition coefficient (Wildman–Crippen LogP) is -1.73. The highest BCUT2D eigenvalue weighted by atomic mass is 32.1. The van der Waals surface area contributed by atoms with Gasteiger partial charge in [0.05, 0.1) is 18.8 Å². The zero-order valence-electron chi connectivity index (χ0n) is 18.3. The summed E-state index contributed by atoms with van der Waals surface area (Å²) >= 11 is 3.88. The third-order valence-electron chi connectivity index (χ3n) is 4.48. The summed E-state index contributed by atoms with van der Waals surface area (Å²) in [4.78, 5) is 66.8. The third kappa shape index (κ3) is 9.91. The highest BCUT2D eigenvalue weighted by Gasteiger charge is 2.31. The summed E-state index contributed by atoms with van der Waals surface area (Å²) in [5, 5.41) is 25.3. The zero-order chi connectivity index (χ0) is 25.1. The van der Waals surface area contributed by atoms with Crippen molar-refractivity contribution in [2.75, 3.05) is 5.75 Å². The Morgan fingerprint density at radius 1 is 1.03 bits per heavy atom. The summed E-state index contributed by atoms with van der Waals surface area (Å²) in [6.45, 7) is 3.56. The highest BCUT2D eigenvalue weighted by molar-refractivity contribution is 7.80. The van der Waals surface area contributed by atoms with Gasteiger partial charge in [0.2, 0.25) is 17.7 Å². The lowest BCUT2D eigenvalue weighted by Gasteiger charge is -2.25. The van der Waals surface area contributed by atoms with E-state index in [1.54, 1.807) is 13.8 Å². The number of hydrogen-bond acceptors (Lipinski definition) is 8. The van der Waals surface area contributed by atoms with Gasteiger partial charge in [-0.1, -0.05) is 13.8 Å². The van der Waals surface area contributed by atoms with Crippen LogP contribution in [0, 0.1) is 5.92 Å². The van der Waals surface area contributed by atoms with E-state index in [2.05, 4.69) is 38.5 Å². The molecule has 3 amide bonds. The summed E-state index contributed by atoms with van der Waals surface area (Å²) in [6.07, 6.45) is 2.34. The van der Waals surface area contributed by atoms with E-state index < -0.39 is 60.2 Å². The van der Waals surface area contributed by atoms with E-state index in [4.69, 9.17) is 15.9 Å². The number of thiol groups is 1. The molecule has 0 bridgehead atoms. The standard InChI is InChI=1S/C19H30N6O7S/c1-9(2)3-12(17(29)25-14(7-33)19(31)32)24-18(30)13(5-15(26)27)23-16(28)11(20)4-10-6-21-8-22-10/h6,8-9,11-14,33H,3-5,7,20H2,1-2H3,(H,21,22)(H,23,28)(H,24,30)(H,25,29)(H,26,27)(H,31,32). The van der Waals surface area contributed by atoms with Crippen molar-refractivity contribution >= 4 is 42.3 Å². The Labute approximate surface area is 195 Å². The van der Waals surface area contributed by atoms with E-state index >= 15 is 0 Å². The van der Waals surface area contributed by atoms with Crippen LogP contribution in [-0.2, 0) is 30.4 Å². The number of nitrogens with zero attached hydrogens (tertiary/aromatic N) is 1. The van der Waals surface area contributed by atoms with Crippen molar-refractivity contribution < 1.29 is 34.2 Å². The van der Waals surface area contributed by atoms with Gasteiger partial charge in [-0.3, -0.25) is 19.2 Å². The Bertz CT molecular complexity index is 833. The highest BCUT2D eigenvalue weighted by Crippen LogP contribution is 2.07. The second kappa shape index (κ2) is 13.4. The molecular formula is C19H30N6O7S. The molecule has 33 heavy (non-hydrogen) atoms. The number of aromatic nitrogens is 2. The van der Waals surface area contributed by atoms with Gasteiger partial charge >= 0.3 is 11.9 Å². The molecule has 0 radical (unpaired) electrons. The molecule has 0 aliphatic carbocycles. The van der Waals surface area contributed by atoms with Crippen LogP contribution in [-0.4, -0.2) is 79.8 Å². The van der Waals surface area contributed by atoms with Crippen molar-refractivity contribution in [3.8, 4) is 0 Å². The fourth-order valence-electron chi connectivity index (χ4n) is 2.82. The van der Waals surface area contributed by atoms with Crippen molar-refractivity contribution in [2.24, 2.45) is 11.7 Å². The second-order valence-electron chi connectivity index (χ2n) is 7.82. The topological polar surface area (TPSA) is 217 Å². The molecule has 1 aromatic heterocycles. The summed E-state index contributed by atoms with van der Waals surface area (Å²) in [5.41, 5.74) is 6.41. The molecular weight excluding hydrogens is 456 g/mol. The molecule has 0 spiro atoms. The minimum atomic E-state index is -1.51. The number of carboxylic acids is 2. The van der Waals surface area contributed by atoms with E-state index in [1.807, 2.05) is 0 Å². The first-order valence-corrected chi connectivity index (χ1v) is 10.8. The number of aliphatic carboxylic acids is 2. The van der Waals surface area contributed by atoms with Crippen LogP contribution in [0.2, 0.25) is 0 Å². The number of carbonyl (C=O) groups excluding carboxylic acids is 3. The molecule has 1 heterocycles. The smallest absolute Gasteiger partial charge is 0.327 e. The van der Waals surface area contributed by atoms with Crippen LogP contribution in [0.3, 0.4) is 0 Å². The number of nitrogens with one attached hydrogen (secondary N) is 4. The predicted molar refractivity (Wildman–Crippen MR) is 119 cm³/mol. The molecule has 1 aromatic rings. The Morgan fingerprint density at radius 2 is 1.61 bits per heavy atom. The molecule has 0 aromatic carbocycles. The number of aromatic amines is 1. The van der Waals surface area contributed by atoms with Crippen LogP contribution in [0.1, 0.15) is 32.4 Å². The summed E-state index contributed by atoms with van der Waals surface area (Å²) in [6, 6.07) is -5.03. The molecule has 0 fully saturated rings. The van der Waals surface area contributed by atoms with Gasteiger partial charge in [-0.25, -0.2) is 9.78 Å². The summed E-state index contributed by atoms with van der Waals surface area (Å²) in [5.74, 6) is -5.35. The van der Waals surface area contributed by atoms with Crippen molar-refractivity contribution in [2.45, 2.75) is 57.3 Å². The lowest BCUT2D eigenvalue weighted by atomic mass is 10.0. The van der Waals surface area contributed by atoms with Gasteiger partial charge in [-0.05, 0) is 12.3 Å². The van der Waals surface area contributed by atoms with Gasteiger partial charge in [0.1, 0.15) is 18.1 Å². The fourth-order valence-corrected chi connectivity index (χ4v) is 3.07. The SMILES string of the molecule is CC(C)CC(NC(=O)C(CC(=O)O)NC(=O)C(N)Cc1cnc[nH]1)C(=O)NC(CS)C(=O)O. The number of amides is 3. The first-order chi connectivity index (χ1) is 15.4. The zero-order valence-corrected chi connectivity index (χ0v) is 19.2. The Hall–Kier alpha value is -3.13. The summed E-state index contributed by atoms with van der Waals surface area (Å²) < 4.78 is 0. The maximum absolute atomic E-state index is 12.8. The molecule has 14 heteroatoms. The van der Waals surface area contributed by atoms with Crippen molar-refractivity contribution in [3.05, 3.63) is 18.2 Å². The van der Waals surface area contributed by atoms with Crippen LogP contribution < -0.4 is 21.7 Å². The Kier molecular flexibility index (Phi) is 11.4. The van der Waals surface area contributed by atoms with Crippen LogP contribution >= 0.6 is 12.6 Å². The van der Waals surface area contributed by atoms with Gasteiger partial charge < -0.3 is 36.9 Å². The third-order valence-corrected chi connectivity index (χ3v) is 4.85. The van der Waals surface area contributed by atoms with Gasteiger partial charge in [0, 0.05) is 24.1 Å². The minimum Gasteiger partial charge on any atom is -0.481 e. The number of rotatable bonds is 14. The van der Waals surface area contributed by atoms with Crippen molar-refractivity contribution in [1.82, 2.24) is 25.9 Å². The molecule has 4 atom stereocenters. The van der Waals surface area contributed by atoms with Crippen LogP contribution in [0.5, 0.6) is 0 Å². The summed E-state index contributed by atoms with van der Waals surface area (Å²) in [7, 11) is 0. The average Bonchev–Trinajstić information content (AvgIpc) is 3.22. The van der Waals surface area contributed by atoms with Gasteiger partial charge in [-0.2, -0.15) is 12.6 Å². The Balaban J connectivity index is 2.92. The maximum atomic E-state index is 12.8. The number of H-pyrrole nitrogens is 1. The molecule has 0 saturated heterocycles. The lowest BCUT2D eigenvalue weighted by Crippen LogP contribution is -2.58. The quantitative estimate of drug-likeness (QED) is 0.140. The van der Waals surface area contributed by atoms with E-state index in [0.717, 1.165) is 0 Å². The van der Waals surface area contributed by atoms with Gasteiger partial charge in [-0.15, -0.1) is 0 Å². The molecule has 0 saturated carbocycles. The van der Waals surface area contributed by atoms with Gasteiger partial charge in [0.15, 0.2) is 0 Å². The largest absolute Gasteiger partial charge is 0.481 e. The number of imidazole rings is 1. The molecule has 0 aliphatic heterocycles. The molecule has 1 rings (SSSR count). The van der Waals surface area contributed by atoms with Crippen LogP contribution in [0.4, 0.5) is 0 Å². The number of hydrogen-bond donors (Lipinski definition) is 8. The molecule has 184 valence electrons. The van der Waals surface area contributed by atoms with Crippen molar-refractivity contribution in [3.63, 3.8) is 0 Å². The fraction of sp³-hybridized carbons (Fsp3) is 0.579. The molecule has 4 unspecified atom stereocenters. The Morgan fingerprint density at radius 3 is 2.09 bits per heavy atom. The first-order valence-electron chi connectivity index (χ1n) is 10.1.